The molecule has 12 saturated heterocycles. The molecule has 12 rings (SSSR count). The van der Waals surface area contributed by atoms with Crippen molar-refractivity contribution in [3.8, 4) is 0 Å². The predicted octanol–water partition coefficient (Wildman–Crippen LogP) is 5.91. The molecule has 12 fully saturated rings. The first-order valence-electron chi connectivity index (χ1n) is 27.4. The third kappa shape index (κ3) is 61.1. The van der Waals surface area contributed by atoms with Crippen molar-refractivity contribution in [3.63, 3.8) is 0 Å². The molecule has 0 saturated carbocycles. The van der Waals surface area contributed by atoms with Gasteiger partial charge in [-0.2, -0.15) is 35.3 Å². The minimum absolute atomic E-state index is 0.500. The second-order valence-electron chi connectivity index (χ2n) is 17.2. The van der Waals surface area contributed by atoms with Crippen molar-refractivity contribution >= 4 is 47.0 Å². The van der Waals surface area contributed by atoms with Gasteiger partial charge in [-0.25, -0.2) is 0 Å². The highest BCUT2D eigenvalue weighted by atomic mass is 32.2. The fourth-order valence-electron chi connectivity index (χ4n) is 6.78. The highest BCUT2D eigenvalue weighted by Crippen LogP contribution is 2.15. The standard InChI is InChI=1S/C5H11NO.C5H11N.C5H10O.C5H10S.C4H10N2.C4H9NO.C4H9NS.C4H9N.C4H8O.C4H8S.C3H7NS.C3H6O2/c1-2-6-3-5-7-4-1;3*1-2-4-6-5-3-1;1-2-6-4-3-5-1;2*1-3-6-4-2-5-1;3*1-2-4-5-3-1;2*1-2-5-3-4-1/h6H,1-5H2;6H,1-5H2;2*1-5H2;5-6H,1-4H2;2*5H,1-4H2;5H,1-4H2;2*1-4H2;4H,1-3H2;1-3H2. The van der Waals surface area contributed by atoms with Gasteiger partial charge in [0.2, 0.25) is 0 Å². The number of morpholine rings is 1. The van der Waals surface area contributed by atoms with E-state index >= 15 is 0 Å². The van der Waals surface area contributed by atoms with Crippen LogP contribution in [0.3, 0.4) is 0 Å². The zero-order valence-corrected chi connectivity index (χ0v) is 46.7. The molecule has 18 heteroatoms. The van der Waals surface area contributed by atoms with Crippen molar-refractivity contribution in [2.75, 3.05) is 217 Å². The Bertz CT molecular complexity index is 590. The molecule has 0 atom stereocenters. The molecule has 8 N–H and O–H groups in total. The number of piperidine rings is 1. The Hall–Kier alpha value is 0.840. The Morgan fingerprint density at radius 3 is 0.779 bits per heavy atom. The summed E-state index contributed by atoms with van der Waals surface area (Å²) in [5.74, 6) is 10.8. The maximum absolute atomic E-state index is 5.13. The first-order chi connectivity index (χ1) is 34.0. The Morgan fingerprint density at radius 2 is 0.515 bits per heavy atom. The van der Waals surface area contributed by atoms with Crippen LogP contribution in [0.25, 0.3) is 0 Å². The highest BCUT2D eigenvalue weighted by molar-refractivity contribution is 8.00. The normalized spacial score (nSPS) is 24.0. The molecule has 12 heterocycles. The quantitative estimate of drug-likeness (QED) is 0.145. The Labute approximate surface area is 435 Å². The molecule has 0 aromatic carbocycles. The second kappa shape index (κ2) is 64.0. The van der Waals surface area contributed by atoms with Crippen molar-refractivity contribution < 1.29 is 28.4 Å². The monoisotopic (exact) mass is 1040 g/mol. The van der Waals surface area contributed by atoms with Crippen LogP contribution in [0.15, 0.2) is 0 Å². The fourth-order valence-corrected chi connectivity index (χ4v) is 10.3. The number of piperazine rings is 1. The number of hydrogen-bond acceptors (Lipinski definition) is 18. The van der Waals surface area contributed by atoms with Crippen LogP contribution in [0.1, 0.15) is 103 Å². The van der Waals surface area contributed by atoms with Gasteiger partial charge in [0.15, 0.2) is 0 Å². The molecule has 0 spiro atoms. The maximum atomic E-state index is 5.13. The summed E-state index contributed by atoms with van der Waals surface area (Å²) in [6.45, 7) is 27.1. The third-order valence-corrected chi connectivity index (χ3v) is 15.1. The molecule has 14 nitrogen and oxygen atoms in total. The summed E-state index contributed by atoms with van der Waals surface area (Å²) in [5.41, 5.74) is 0. The molecular formula is C50H108N8O6S4. The van der Waals surface area contributed by atoms with Crippen molar-refractivity contribution in [2.45, 2.75) is 103 Å². The summed E-state index contributed by atoms with van der Waals surface area (Å²) < 4.78 is 29.6. The topological polar surface area (TPSA) is 152 Å². The van der Waals surface area contributed by atoms with Gasteiger partial charge in [-0.05, 0) is 146 Å². The number of nitrogens with one attached hydrogen (secondary N) is 8. The first-order valence-corrected chi connectivity index (χ1v) is 32.0. The Kier molecular flexibility index (Phi) is 62.9. The minimum atomic E-state index is 0.500. The number of hydrogen-bond donors (Lipinski definition) is 8. The van der Waals surface area contributed by atoms with Crippen LogP contribution >= 0.6 is 47.0 Å². The third-order valence-electron chi connectivity index (χ3n) is 10.9. The average Bonchev–Trinajstić information content (AvgIpc) is 4.32. The molecule has 408 valence electrons. The molecule has 12 aliphatic heterocycles. The van der Waals surface area contributed by atoms with Crippen LogP contribution < -0.4 is 42.5 Å². The van der Waals surface area contributed by atoms with E-state index in [-0.39, 0.29) is 0 Å². The van der Waals surface area contributed by atoms with E-state index in [4.69, 9.17) is 28.4 Å². The molecule has 0 aliphatic carbocycles. The molecule has 0 aromatic heterocycles. The van der Waals surface area contributed by atoms with Gasteiger partial charge in [-0.15, -0.1) is 11.8 Å². The summed E-state index contributed by atoms with van der Waals surface area (Å²) in [6.07, 6.45) is 22.0. The summed E-state index contributed by atoms with van der Waals surface area (Å²) in [5, 5.41) is 25.8. The molecule has 68 heavy (non-hydrogen) atoms. The molecule has 0 aromatic rings. The van der Waals surface area contributed by atoms with Gasteiger partial charge in [0.05, 0.1) is 33.0 Å². The van der Waals surface area contributed by atoms with Gasteiger partial charge < -0.3 is 71.0 Å². The van der Waals surface area contributed by atoms with Gasteiger partial charge in [-0.1, -0.05) is 12.8 Å². The largest absolute Gasteiger partial charge is 0.381 e. The van der Waals surface area contributed by atoms with E-state index in [1.54, 1.807) is 0 Å². The van der Waals surface area contributed by atoms with E-state index in [1.807, 2.05) is 23.5 Å². The summed E-state index contributed by atoms with van der Waals surface area (Å²) in [4.78, 5) is 0. The smallest absolute Gasteiger partial charge is 0.146 e. The Morgan fingerprint density at radius 1 is 0.191 bits per heavy atom. The highest BCUT2D eigenvalue weighted by Gasteiger charge is 2.00. The number of thioether (sulfide) groups is 4. The predicted molar refractivity (Wildman–Crippen MR) is 301 cm³/mol. The van der Waals surface area contributed by atoms with Crippen LogP contribution in [0, 0.1) is 0 Å². The van der Waals surface area contributed by atoms with E-state index in [9.17, 15) is 0 Å². The van der Waals surface area contributed by atoms with Crippen LogP contribution in [0.2, 0.25) is 0 Å². The van der Waals surface area contributed by atoms with Gasteiger partial charge in [0.25, 0.3) is 0 Å². The molecule has 12 aliphatic rings. The van der Waals surface area contributed by atoms with Crippen molar-refractivity contribution in [2.24, 2.45) is 0 Å². The number of ether oxygens (including phenoxy) is 6. The molecule has 0 bridgehead atoms. The summed E-state index contributed by atoms with van der Waals surface area (Å²) in [7, 11) is 0. The lowest BCUT2D eigenvalue weighted by Gasteiger charge is -2.11. The molecule has 0 unspecified atom stereocenters. The van der Waals surface area contributed by atoms with E-state index in [0.29, 0.717) is 6.79 Å². The van der Waals surface area contributed by atoms with Gasteiger partial charge >= 0.3 is 0 Å². The van der Waals surface area contributed by atoms with E-state index in [1.165, 1.54) is 195 Å². The van der Waals surface area contributed by atoms with E-state index < -0.39 is 0 Å². The van der Waals surface area contributed by atoms with Crippen LogP contribution in [0.4, 0.5) is 0 Å². The lowest BCUT2D eigenvalue weighted by atomic mass is 10.2. The fraction of sp³-hybridized carbons (Fsp3) is 1.00. The lowest BCUT2D eigenvalue weighted by Crippen LogP contribution is -2.39. The summed E-state index contributed by atoms with van der Waals surface area (Å²) in [6, 6.07) is 0. The maximum Gasteiger partial charge on any atom is 0.146 e. The Balaban J connectivity index is 0.000000371. The van der Waals surface area contributed by atoms with Crippen molar-refractivity contribution in [1.29, 1.82) is 0 Å². The average molecular weight is 1050 g/mol. The van der Waals surface area contributed by atoms with Crippen molar-refractivity contribution in [1.82, 2.24) is 42.5 Å². The van der Waals surface area contributed by atoms with Crippen LogP contribution in [0.5, 0.6) is 0 Å². The van der Waals surface area contributed by atoms with Crippen LogP contribution in [-0.4, -0.2) is 217 Å². The van der Waals surface area contributed by atoms with Crippen LogP contribution in [-0.2, 0) is 28.4 Å². The zero-order valence-electron chi connectivity index (χ0n) is 43.4. The van der Waals surface area contributed by atoms with E-state index in [2.05, 4.69) is 66.1 Å². The second-order valence-corrected chi connectivity index (χ2v) is 22.0. The molecule has 0 amide bonds. The molecular weight excluding hydrogens is 937 g/mol. The van der Waals surface area contributed by atoms with Gasteiger partial charge in [0.1, 0.15) is 6.79 Å². The van der Waals surface area contributed by atoms with E-state index in [0.717, 1.165) is 118 Å². The van der Waals surface area contributed by atoms with Gasteiger partial charge in [-0.3, -0.25) is 0 Å². The molecule has 0 radical (unpaired) electrons. The van der Waals surface area contributed by atoms with Gasteiger partial charge in [0, 0.05) is 122 Å². The minimum Gasteiger partial charge on any atom is -0.381 e. The lowest BCUT2D eigenvalue weighted by molar-refractivity contribution is 0.0692. The van der Waals surface area contributed by atoms with Crippen molar-refractivity contribution in [3.05, 3.63) is 0 Å². The SMILES string of the molecule is C1CCNC1.C1CCNCC1.C1CCOC1.C1CCOCC1.C1CCSC1.C1CCSCC1.C1CNCCN1.C1CNCCOC1.C1COCCN1.C1COCO1.C1CSCCN1.C1CSCN1. The zero-order chi connectivity index (χ0) is 48.1. The number of rotatable bonds is 0. The summed E-state index contributed by atoms with van der Waals surface area (Å²) >= 11 is 8.16. The first kappa shape index (κ1) is 66.9.